The lowest BCUT2D eigenvalue weighted by atomic mass is 10.0. The van der Waals surface area contributed by atoms with E-state index >= 15 is 0 Å². The molecular formula is C22H28N2O3. The van der Waals surface area contributed by atoms with Crippen molar-refractivity contribution >= 4 is 23.2 Å². The summed E-state index contributed by atoms with van der Waals surface area (Å²) in [5, 5.41) is 2.87. The molecule has 2 rings (SSSR count). The lowest BCUT2D eigenvalue weighted by molar-refractivity contribution is -0.120. The zero-order valence-corrected chi connectivity index (χ0v) is 16.5. The maximum absolute atomic E-state index is 12.7. The molecule has 1 N–H and O–H groups in total. The Morgan fingerprint density at radius 2 is 1.59 bits per heavy atom. The van der Waals surface area contributed by atoms with E-state index in [0.717, 1.165) is 29.7 Å². The fourth-order valence-corrected chi connectivity index (χ4v) is 3.09. The Balaban J connectivity index is 2.28. The van der Waals surface area contributed by atoms with E-state index in [1.165, 1.54) is 6.92 Å². The van der Waals surface area contributed by atoms with Gasteiger partial charge in [-0.05, 0) is 43.0 Å². The van der Waals surface area contributed by atoms with Gasteiger partial charge in [0.15, 0.2) is 0 Å². The monoisotopic (exact) mass is 368 g/mol. The molecule has 2 aromatic carbocycles. The van der Waals surface area contributed by atoms with Crippen LogP contribution in [0.2, 0.25) is 0 Å². The number of para-hydroxylation sites is 3. The molecule has 0 heterocycles. The third kappa shape index (κ3) is 5.09. The number of rotatable bonds is 8. The van der Waals surface area contributed by atoms with Crippen molar-refractivity contribution in [2.45, 2.75) is 40.5 Å². The minimum Gasteiger partial charge on any atom is -0.492 e. The van der Waals surface area contributed by atoms with Crippen molar-refractivity contribution in [2.24, 2.45) is 0 Å². The van der Waals surface area contributed by atoms with E-state index in [9.17, 15) is 9.59 Å². The predicted molar refractivity (Wildman–Crippen MR) is 109 cm³/mol. The van der Waals surface area contributed by atoms with Gasteiger partial charge in [-0.15, -0.1) is 0 Å². The minimum absolute atomic E-state index is 0.0419. The number of carbonyl (C=O) groups excluding carboxylic acids is 2. The van der Waals surface area contributed by atoms with Gasteiger partial charge in [-0.3, -0.25) is 9.59 Å². The molecule has 0 unspecified atom stereocenters. The van der Waals surface area contributed by atoms with Gasteiger partial charge in [0.05, 0.1) is 18.0 Å². The van der Waals surface area contributed by atoms with Crippen LogP contribution in [0.1, 0.15) is 38.8 Å². The Morgan fingerprint density at radius 3 is 2.15 bits per heavy atom. The highest BCUT2D eigenvalue weighted by molar-refractivity contribution is 6.03. The first kappa shape index (κ1) is 20.5. The minimum atomic E-state index is -0.259. The van der Waals surface area contributed by atoms with Crippen LogP contribution in [0.5, 0.6) is 5.75 Å². The van der Waals surface area contributed by atoms with Crippen LogP contribution in [-0.2, 0) is 22.4 Å². The van der Waals surface area contributed by atoms with E-state index in [1.807, 2.05) is 43.3 Å². The van der Waals surface area contributed by atoms with Crippen molar-refractivity contribution in [1.29, 1.82) is 0 Å². The molecule has 2 aromatic rings. The van der Waals surface area contributed by atoms with Crippen LogP contribution in [0.4, 0.5) is 11.4 Å². The molecule has 0 saturated carbocycles. The van der Waals surface area contributed by atoms with Crippen LogP contribution < -0.4 is 15.0 Å². The fraction of sp³-hybridized carbons (Fsp3) is 0.364. The number of anilines is 2. The Hall–Kier alpha value is -2.82. The molecule has 0 saturated heterocycles. The first-order valence-corrected chi connectivity index (χ1v) is 9.42. The highest BCUT2D eigenvalue weighted by Crippen LogP contribution is 2.28. The highest BCUT2D eigenvalue weighted by atomic mass is 16.5. The van der Waals surface area contributed by atoms with E-state index in [2.05, 4.69) is 19.2 Å². The van der Waals surface area contributed by atoms with E-state index in [-0.39, 0.29) is 18.4 Å². The van der Waals surface area contributed by atoms with Crippen molar-refractivity contribution in [3.05, 3.63) is 53.6 Å². The summed E-state index contributed by atoms with van der Waals surface area (Å²) in [5.41, 5.74) is 3.58. The normalized spacial score (nSPS) is 10.4. The Labute approximate surface area is 161 Å². The van der Waals surface area contributed by atoms with Crippen molar-refractivity contribution in [3.63, 3.8) is 0 Å². The van der Waals surface area contributed by atoms with Gasteiger partial charge in [-0.2, -0.15) is 0 Å². The molecule has 0 aromatic heterocycles. The smallest absolute Gasteiger partial charge is 0.244 e. The number of amides is 2. The average Bonchev–Trinajstić information content (AvgIpc) is 2.67. The summed E-state index contributed by atoms with van der Waals surface area (Å²) in [4.78, 5) is 26.6. The number of nitrogens with one attached hydrogen (secondary N) is 1. The summed E-state index contributed by atoms with van der Waals surface area (Å²) in [6.07, 6.45) is 1.59. The molecule has 0 aliphatic rings. The maximum atomic E-state index is 12.7. The maximum Gasteiger partial charge on any atom is 0.244 e. The Kier molecular flexibility index (Phi) is 7.41. The quantitative estimate of drug-likeness (QED) is 0.760. The van der Waals surface area contributed by atoms with E-state index in [0.29, 0.717) is 18.0 Å². The van der Waals surface area contributed by atoms with E-state index in [4.69, 9.17) is 4.74 Å². The van der Waals surface area contributed by atoms with Crippen molar-refractivity contribution in [3.8, 4) is 5.75 Å². The molecule has 0 spiro atoms. The van der Waals surface area contributed by atoms with Crippen molar-refractivity contribution < 1.29 is 14.3 Å². The lowest BCUT2D eigenvalue weighted by Crippen LogP contribution is -2.38. The molecule has 27 heavy (non-hydrogen) atoms. The molecular weight excluding hydrogens is 340 g/mol. The molecule has 144 valence electrons. The number of benzene rings is 2. The number of ether oxygens (including phenoxy) is 1. The molecule has 0 bridgehead atoms. The number of aryl methyl sites for hydroxylation is 2. The number of carbonyl (C=O) groups is 2. The van der Waals surface area contributed by atoms with E-state index in [1.54, 1.807) is 11.0 Å². The third-order valence-corrected chi connectivity index (χ3v) is 4.38. The molecule has 0 fully saturated rings. The predicted octanol–water partition coefficient (Wildman–Crippen LogP) is 4.20. The Bertz CT molecular complexity index is 780. The molecule has 0 atom stereocenters. The van der Waals surface area contributed by atoms with Gasteiger partial charge in [-0.1, -0.05) is 44.2 Å². The van der Waals surface area contributed by atoms with Gasteiger partial charge in [0.1, 0.15) is 12.3 Å². The summed E-state index contributed by atoms with van der Waals surface area (Å²) in [5.74, 6) is 0.204. The summed E-state index contributed by atoms with van der Waals surface area (Å²) in [7, 11) is 0. The van der Waals surface area contributed by atoms with Crippen LogP contribution in [-0.4, -0.2) is 25.0 Å². The van der Waals surface area contributed by atoms with Crippen LogP contribution in [0.15, 0.2) is 42.5 Å². The van der Waals surface area contributed by atoms with Gasteiger partial charge in [0.25, 0.3) is 0 Å². The topological polar surface area (TPSA) is 58.6 Å². The largest absolute Gasteiger partial charge is 0.492 e. The van der Waals surface area contributed by atoms with Crippen LogP contribution in [0.3, 0.4) is 0 Å². The molecule has 0 aliphatic heterocycles. The molecule has 5 nitrogen and oxygen atoms in total. The SMILES string of the molecule is CCOc1ccccc1NC(=O)CN(C(C)=O)c1c(CC)cccc1CC. The van der Waals surface area contributed by atoms with Gasteiger partial charge >= 0.3 is 0 Å². The van der Waals surface area contributed by atoms with Gasteiger partial charge in [-0.25, -0.2) is 0 Å². The zero-order chi connectivity index (χ0) is 19.8. The zero-order valence-electron chi connectivity index (χ0n) is 16.5. The third-order valence-electron chi connectivity index (χ3n) is 4.38. The second-order valence-electron chi connectivity index (χ2n) is 6.21. The number of hydrogen-bond donors (Lipinski definition) is 1. The molecule has 0 radical (unpaired) electrons. The second kappa shape index (κ2) is 9.76. The van der Waals surface area contributed by atoms with Crippen molar-refractivity contribution in [2.75, 3.05) is 23.4 Å². The van der Waals surface area contributed by atoms with Crippen molar-refractivity contribution in [1.82, 2.24) is 0 Å². The first-order chi connectivity index (χ1) is 13.0. The molecule has 2 amide bonds. The van der Waals surface area contributed by atoms with Crippen LogP contribution >= 0.6 is 0 Å². The second-order valence-corrected chi connectivity index (χ2v) is 6.21. The summed E-state index contributed by atoms with van der Waals surface area (Å²) in [6.45, 7) is 7.96. The van der Waals surface area contributed by atoms with Crippen LogP contribution in [0, 0.1) is 0 Å². The summed E-state index contributed by atoms with van der Waals surface area (Å²) in [6, 6.07) is 13.3. The average molecular weight is 368 g/mol. The van der Waals surface area contributed by atoms with Gasteiger partial charge in [0, 0.05) is 6.92 Å². The number of hydrogen-bond acceptors (Lipinski definition) is 3. The Morgan fingerprint density at radius 1 is 0.963 bits per heavy atom. The van der Waals surface area contributed by atoms with Gasteiger partial charge < -0.3 is 15.0 Å². The fourth-order valence-electron chi connectivity index (χ4n) is 3.09. The lowest BCUT2D eigenvalue weighted by Gasteiger charge is -2.26. The summed E-state index contributed by atoms with van der Waals surface area (Å²) < 4.78 is 5.55. The van der Waals surface area contributed by atoms with Crippen LogP contribution in [0.25, 0.3) is 0 Å². The standard InChI is InChI=1S/C22H28N2O3/c1-5-17-11-10-12-18(6-2)22(17)24(16(4)25)15-21(26)23-19-13-8-9-14-20(19)27-7-3/h8-14H,5-7,15H2,1-4H3,(H,23,26). The summed E-state index contributed by atoms with van der Waals surface area (Å²) >= 11 is 0. The van der Waals surface area contributed by atoms with E-state index < -0.39 is 0 Å². The molecule has 5 heteroatoms. The van der Waals surface area contributed by atoms with Gasteiger partial charge in [0.2, 0.25) is 11.8 Å². The number of nitrogens with zero attached hydrogens (tertiary/aromatic N) is 1. The molecule has 0 aliphatic carbocycles. The first-order valence-electron chi connectivity index (χ1n) is 9.42. The highest BCUT2D eigenvalue weighted by Gasteiger charge is 2.21.